The Morgan fingerprint density at radius 2 is 1.93 bits per heavy atom. The number of fused-ring (bicyclic) bond motifs is 3. The molecular formula is C21H27N5OS2. The normalized spacial score (nSPS) is 16.6. The van der Waals surface area contributed by atoms with Crippen LogP contribution >= 0.6 is 23.6 Å². The number of aryl methyl sites for hydroxylation is 2. The third kappa shape index (κ3) is 3.83. The predicted octanol–water partition coefficient (Wildman–Crippen LogP) is 2.71. The monoisotopic (exact) mass is 429 g/mol. The number of anilines is 1. The fourth-order valence-electron chi connectivity index (χ4n) is 4.14. The molecule has 1 aliphatic heterocycles. The Hall–Kier alpha value is -2.19. The molecule has 1 saturated heterocycles. The van der Waals surface area contributed by atoms with E-state index < -0.39 is 0 Å². The van der Waals surface area contributed by atoms with Crippen LogP contribution in [0.2, 0.25) is 0 Å². The minimum atomic E-state index is 0.0786. The van der Waals surface area contributed by atoms with Gasteiger partial charge in [0.2, 0.25) is 5.95 Å². The SMILES string of the molecule is C=CCNC(=S)N1CCN(c2nc3sc4c(c3c(=O)n2CC=C)CCCC4)CC1. The summed E-state index contributed by atoms with van der Waals surface area (Å²) in [6.07, 6.45) is 8.00. The molecule has 0 amide bonds. The van der Waals surface area contributed by atoms with Crippen LogP contribution in [-0.2, 0) is 19.4 Å². The van der Waals surface area contributed by atoms with Gasteiger partial charge in [-0.15, -0.1) is 24.5 Å². The van der Waals surface area contributed by atoms with Crippen molar-refractivity contribution >= 4 is 44.8 Å². The first kappa shape index (κ1) is 20.1. The molecule has 29 heavy (non-hydrogen) atoms. The molecule has 4 rings (SSSR count). The second kappa shape index (κ2) is 8.67. The van der Waals surface area contributed by atoms with Crippen LogP contribution in [0.15, 0.2) is 30.1 Å². The Morgan fingerprint density at radius 1 is 1.17 bits per heavy atom. The van der Waals surface area contributed by atoms with Gasteiger partial charge in [-0.2, -0.15) is 0 Å². The zero-order chi connectivity index (χ0) is 20.4. The third-order valence-electron chi connectivity index (χ3n) is 5.61. The van der Waals surface area contributed by atoms with Crippen LogP contribution in [0, 0.1) is 0 Å². The summed E-state index contributed by atoms with van der Waals surface area (Å²) >= 11 is 7.17. The number of allylic oxidation sites excluding steroid dienone is 1. The Labute approximate surface area is 180 Å². The molecule has 8 heteroatoms. The summed E-state index contributed by atoms with van der Waals surface area (Å²) in [5.74, 6) is 0.755. The lowest BCUT2D eigenvalue weighted by atomic mass is 9.97. The zero-order valence-corrected chi connectivity index (χ0v) is 18.3. The minimum absolute atomic E-state index is 0.0786. The fourth-order valence-corrected chi connectivity index (χ4v) is 5.66. The van der Waals surface area contributed by atoms with E-state index in [9.17, 15) is 4.79 Å². The van der Waals surface area contributed by atoms with Crippen molar-refractivity contribution in [1.82, 2.24) is 19.8 Å². The molecule has 0 spiro atoms. The van der Waals surface area contributed by atoms with E-state index in [-0.39, 0.29) is 5.56 Å². The van der Waals surface area contributed by atoms with Gasteiger partial charge in [-0.25, -0.2) is 4.98 Å². The summed E-state index contributed by atoms with van der Waals surface area (Å²) in [4.78, 5) is 25.0. The molecule has 0 unspecified atom stereocenters. The molecule has 1 aliphatic carbocycles. The molecule has 0 atom stereocenters. The van der Waals surface area contributed by atoms with E-state index in [4.69, 9.17) is 17.2 Å². The molecule has 0 aromatic carbocycles. The van der Waals surface area contributed by atoms with E-state index >= 15 is 0 Å². The van der Waals surface area contributed by atoms with Gasteiger partial charge in [0, 0.05) is 44.1 Å². The van der Waals surface area contributed by atoms with Crippen molar-refractivity contribution < 1.29 is 0 Å². The van der Waals surface area contributed by atoms with Crippen molar-refractivity contribution in [3.63, 3.8) is 0 Å². The summed E-state index contributed by atoms with van der Waals surface area (Å²) in [5.41, 5.74) is 1.32. The van der Waals surface area contributed by atoms with Gasteiger partial charge in [0.25, 0.3) is 5.56 Å². The zero-order valence-electron chi connectivity index (χ0n) is 16.7. The highest BCUT2D eigenvalue weighted by Gasteiger charge is 2.26. The van der Waals surface area contributed by atoms with Gasteiger partial charge in [0.05, 0.1) is 5.39 Å². The summed E-state index contributed by atoms with van der Waals surface area (Å²) in [6, 6.07) is 0. The number of nitrogens with one attached hydrogen (secondary N) is 1. The first-order valence-corrected chi connectivity index (χ1v) is 11.4. The van der Waals surface area contributed by atoms with E-state index in [0.717, 1.165) is 66.7 Å². The molecule has 6 nitrogen and oxygen atoms in total. The van der Waals surface area contributed by atoms with Crippen LogP contribution in [0.25, 0.3) is 10.2 Å². The quantitative estimate of drug-likeness (QED) is 0.583. The van der Waals surface area contributed by atoms with Crippen molar-refractivity contribution in [2.75, 3.05) is 37.6 Å². The third-order valence-corrected chi connectivity index (χ3v) is 7.20. The molecule has 154 valence electrons. The van der Waals surface area contributed by atoms with E-state index in [1.807, 2.05) is 0 Å². The molecule has 2 aromatic heterocycles. The van der Waals surface area contributed by atoms with E-state index in [2.05, 4.69) is 28.3 Å². The van der Waals surface area contributed by atoms with E-state index in [0.29, 0.717) is 13.1 Å². The number of rotatable bonds is 5. The molecule has 1 N–H and O–H groups in total. The number of hydrogen-bond donors (Lipinski definition) is 1. The van der Waals surface area contributed by atoms with Gasteiger partial charge in [-0.05, 0) is 43.5 Å². The molecule has 0 radical (unpaired) electrons. The summed E-state index contributed by atoms with van der Waals surface area (Å²) in [6.45, 7) is 11.9. The predicted molar refractivity (Wildman–Crippen MR) is 125 cm³/mol. The summed E-state index contributed by atoms with van der Waals surface area (Å²) < 4.78 is 1.79. The largest absolute Gasteiger partial charge is 0.359 e. The summed E-state index contributed by atoms with van der Waals surface area (Å²) in [7, 11) is 0. The number of nitrogens with zero attached hydrogens (tertiary/aromatic N) is 4. The molecular weight excluding hydrogens is 402 g/mol. The molecule has 2 aliphatic rings. The highest BCUT2D eigenvalue weighted by atomic mass is 32.1. The van der Waals surface area contributed by atoms with Crippen LogP contribution in [0.3, 0.4) is 0 Å². The van der Waals surface area contributed by atoms with E-state index in [1.54, 1.807) is 28.1 Å². The first-order chi connectivity index (χ1) is 14.1. The highest BCUT2D eigenvalue weighted by Crippen LogP contribution is 2.34. The van der Waals surface area contributed by atoms with Crippen molar-refractivity contribution in [2.24, 2.45) is 0 Å². The molecule has 3 heterocycles. The lowest BCUT2D eigenvalue weighted by Gasteiger charge is -2.37. The average molecular weight is 430 g/mol. The van der Waals surface area contributed by atoms with Crippen LogP contribution in [0.5, 0.6) is 0 Å². The number of thiophene rings is 1. The second-order valence-electron chi connectivity index (χ2n) is 7.46. The highest BCUT2D eigenvalue weighted by molar-refractivity contribution is 7.80. The van der Waals surface area contributed by atoms with Crippen molar-refractivity contribution in [1.29, 1.82) is 0 Å². The topological polar surface area (TPSA) is 53.4 Å². The maximum atomic E-state index is 13.4. The lowest BCUT2D eigenvalue weighted by molar-refractivity contribution is 0.377. The first-order valence-electron chi connectivity index (χ1n) is 10.2. The Bertz CT molecular complexity index is 1000. The number of hydrogen-bond acceptors (Lipinski definition) is 5. The standard InChI is InChI=1S/C21H27N5OS2/c1-3-9-22-21(28)25-13-11-24(12-14-25)20-23-18-17(19(27)26(20)10-4-2)15-7-5-6-8-16(15)29-18/h3-4H,1-2,5-14H2,(H,22,28). The van der Waals surface area contributed by atoms with Gasteiger partial charge >= 0.3 is 0 Å². The van der Waals surface area contributed by atoms with Gasteiger partial charge < -0.3 is 15.1 Å². The van der Waals surface area contributed by atoms with Crippen LogP contribution in [-0.4, -0.2) is 52.3 Å². The smallest absolute Gasteiger partial charge is 0.264 e. The Kier molecular flexibility index (Phi) is 6.01. The van der Waals surface area contributed by atoms with Crippen LogP contribution in [0.4, 0.5) is 5.95 Å². The number of aromatic nitrogens is 2. The van der Waals surface area contributed by atoms with Crippen LogP contribution in [0.1, 0.15) is 23.3 Å². The second-order valence-corrected chi connectivity index (χ2v) is 8.93. The van der Waals surface area contributed by atoms with Crippen LogP contribution < -0.4 is 15.8 Å². The maximum Gasteiger partial charge on any atom is 0.264 e. The van der Waals surface area contributed by atoms with Crippen molar-refractivity contribution in [2.45, 2.75) is 32.2 Å². The Balaban J connectivity index is 1.64. The van der Waals surface area contributed by atoms with Gasteiger partial charge in [-0.1, -0.05) is 12.2 Å². The molecule has 2 aromatic rings. The van der Waals surface area contributed by atoms with Gasteiger partial charge in [-0.3, -0.25) is 9.36 Å². The van der Waals surface area contributed by atoms with Gasteiger partial charge in [0.1, 0.15) is 4.83 Å². The lowest BCUT2D eigenvalue weighted by Crippen LogP contribution is -2.52. The summed E-state index contributed by atoms with van der Waals surface area (Å²) in [5, 5.41) is 4.78. The average Bonchev–Trinajstić information content (AvgIpc) is 3.12. The molecule has 1 fully saturated rings. The Morgan fingerprint density at radius 3 is 2.66 bits per heavy atom. The van der Waals surface area contributed by atoms with E-state index in [1.165, 1.54) is 16.9 Å². The van der Waals surface area contributed by atoms with Crippen molar-refractivity contribution in [3.05, 3.63) is 46.1 Å². The van der Waals surface area contributed by atoms with Gasteiger partial charge in [0.15, 0.2) is 5.11 Å². The minimum Gasteiger partial charge on any atom is -0.359 e. The number of thiocarbonyl (C=S) groups is 1. The van der Waals surface area contributed by atoms with Crippen molar-refractivity contribution in [3.8, 4) is 0 Å². The fraction of sp³-hybridized carbons (Fsp3) is 0.476. The maximum absolute atomic E-state index is 13.4. The molecule has 0 bridgehead atoms. The molecule has 0 saturated carbocycles. The number of piperazine rings is 1.